The Morgan fingerprint density at radius 2 is 1.95 bits per heavy atom. The highest BCUT2D eigenvalue weighted by Crippen LogP contribution is 2.31. The SMILES string of the molecule is CCC(CC)(C(=O)O)C(=O)N1CCCC(CNS(N)(=O)=O)C1. The number of nitrogens with zero attached hydrogens (tertiary/aromatic N) is 1. The summed E-state index contributed by atoms with van der Waals surface area (Å²) in [7, 11) is -3.76. The number of nitrogens with one attached hydrogen (secondary N) is 1. The minimum Gasteiger partial charge on any atom is -0.480 e. The monoisotopic (exact) mass is 335 g/mol. The number of rotatable bonds is 7. The number of hydrogen-bond acceptors (Lipinski definition) is 4. The van der Waals surface area contributed by atoms with Crippen molar-refractivity contribution in [3.8, 4) is 0 Å². The molecule has 128 valence electrons. The van der Waals surface area contributed by atoms with Crippen molar-refractivity contribution < 1.29 is 23.1 Å². The van der Waals surface area contributed by atoms with Crippen molar-refractivity contribution in [2.75, 3.05) is 19.6 Å². The number of carboxylic acids is 1. The summed E-state index contributed by atoms with van der Waals surface area (Å²) in [5.74, 6) is -1.55. The number of piperidine rings is 1. The zero-order valence-electron chi connectivity index (χ0n) is 13.0. The van der Waals surface area contributed by atoms with Crippen molar-refractivity contribution in [1.29, 1.82) is 0 Å². The van der Waals surface area contributed by atoms with Crippen molar-refractivity contribution in [1.82, 2.24) is 9.62 Å². The van der Waals surface area contributed by atoms with Gasteiger partial charge in [-0.1, -0.05) is 13.8 Å². The molecule has 0 saturated carbocycles. The van der Waals surface area contributed by atoms with E-state index in [1.807, 2.05) is 0 Å². The summed E-state index contributed by atoms with van der Waals surface area (Å²) in [6.07, 6.45) is 1.94. The Morgan fingerprint density at radius 3 is 2.41 bits per heavy atom. The maximum atomic E-state index is 12.7. The molecule has 1 saturated heterocycles. The van der Waals surface area contributed by atoms with Crippen molar-refractivity contribution in [2.24, 2.45) is 16.5 Å². The Kier molecular flexibility index (Phi) is 6.33. The van der Waals surface area contributed by atoms with Crippen LogP contribution in [0, 0.1) is 11.3 Å². The standard InChI is InChI=1S/C13H25N3O5S/c1-3-13(4-2,12(18)19)11(17)16-7-5-6-10(9-16)8-15-22(14,20)21/h10,15H,3-9H2,1-2H3,(H,18,19)(H2,14,20,21). The van der Waals surface area contributed by atoms with Gasteiger partial charge in [-0.3, -0.25) is 9.59 Å². The average molecular weight is 335 g/mol. The number of carboxylic acid groups (broad SMARTS) is 1. The van der Waals surface area contributed by atoms with E-state index in [-0.39, 0.29) is 31.2 Å². The molecular formula is C13H25N3O5S. The first-order valence-corrected chi connectivity index (χ1v) is 9.01. The lowest BCUT2D eigenvalue weighted by molar-refractivity contribution is -0.162. The van der Waals surface area contributed by atoms with Gasteiger partial charge < -0.3 is 10.0 Å². The van der Waals surface area contributed by atoms with E-state index in [0.717, 1.165) is 6.42 Å². The second-order valence-electron chi connectivity index (χ2n) is 5.75. The predicted molar refractivity (Wildman–Crippen MR) is 81.1 cm³/mol. The quantitative estimate of drug-likeness (QED) is 0.560. The highest BCUT2D eigenvalue weighted by Gasteiger charge is 2.46. The van der Waals surface area contributed by atoms with Crippen molar-refractivity contribution in [2.45, 2.75) is 39.5 Å². The van der Waals surface area contributed by atoms with Crippen molar-refractivity contribution in [3.63, 3.8) is 0 Å². The smallest absolute Gasteiger partial charge is 0.319 e. The first kappa shape index (κ1) is 18.9. The molecule has 8 nitrogen and oxygen atoms in total. The summed E-state index contributed by atoms with van der Waals surface area (Å²) < 4.78 is 24.1. The molecule has 0 aliphatic carbocycles. The third kappa shape index (κ3) is 4.40. The largest absolute Gasteiger partial charge is 0.480 e. The van der Waals surface area contributed by atoms with Crippen LogP contribution in [0.2, 0.25) is 0 Å². The van der Waals surface area contributed by atoms with Gasteiger partial charge in [-0.25, -0.2) is 9.86 Å². The molecule has 1 heterocycles. The van der Waals surface area contributed by atoms with Gasteiger partial charge in [0.2, 0.25) is 5.91 Å². The Balaban J connectivity index is 2.79. The fourth-order valence-corrected chi connectivity index (χ4v) is 3.37. The number of hydrogen-bond donors (Lipinski definition) is 3. The molecular weight excluding hydrogens is 310 g/mol. The molecule has 0 spiro atoms. The topological polar surface area (TPSA) is 130 Å². The van der Waals surface area contributed by atoms with Crippen LogP contribution >= 0.6 is 0 Å². The van der Waals surface area contributed by atoms with E-state index in [0.29, 0.717) is 19.5 Å². The lowest BCUT2D eigenvalue weighted by Crippen LogP contribution is -2.52. The zero-order valence-corrected chi connectivity index (χ0v) is 13.9. The van der Waals surface area contributed by atoms with Gasteiger partial charge in [0.25, 0.3) is 10.2 Å². The Labute approximate surface area is 131 Å². The second-order valence-corrected chi connectivity index (χ2v) is 7.13. The van der Waals surface area contributed by atoms with Crippen molar-refractivity contribution >= 4 is 22.1 Å². The lowest BCUT2D eigenvalue weighted by Gasteiger charge is -2.38. The fraction of sp³-hybridized carbons (Fsp3) is 0.846. The Morgan fingerprint density at radius 1 is 1.36 bits per heavy atom. The molecule has 1 unspecified atom stereocenters. The normalized spacial score (nSPS) is 20.0. The van der Waals surface area contributed by atoms with Crippen LogP contribution in [0.3, 0.4) is 0 Å². The number of amides is 1. The van der Waals surface area contributed by atoms with Crippen molar-refractivity contribution in [3.05, 3.63) is 0 Å². The molecule has 1 rings (SSSR count). The van der Waals surface area contributed by atoms with Gasteiger partial charge in [-0.15, -0.1) is 0 Å². The van der Waals surface area contributed by atoms with E-state index < -0.39 is 21.6 Å². The Bertz CT molecular complexity index is 516. The summed E-state index contributed by atoms with van der Waals surface area (Å²) in [5.41, 5.74) is -1.39. The first-order valence-electron chi connectivity index (χ1n) is 7.46. The third-order valence-electron chi connectivity index (χ3n) is 4.41. The van der Waals surface area contributed by atoms with E-state index in [1.165, 1.54) is 0 Å². The minimum absolute atomic E-state index is 0.0590. The summed E-state index contributed by atoms with van der Waals surface area (Å²) in [6, 6.07) is 0. The molecule has 0 aromatic rings. The van der Waals surface area contributed by atoms with Crippen LogP contribution in [0.5, 0.6) is 0 Å². The van der Waals surface area contributed by atoms with Crippen LogP contribution < -0.4 is 9.86 Å². The van der Waals surface area contributed by atoms with E-state index in [1.54, 1.807) is 18.7 Å². The molecule has 1 aliphatic heterocycles. The summed E-state index contributed by atoms with van der Waals surface area (Å²) in [4.78, 5) is 25.7. The van der Waals surface area contributed by atoms with Crippen LogP contribution in [-0.4, -0.2) is 49.9 Å². The number of nitrogens with two attached hydrogens (primary N) is 1. The van der Waals surface area contributed by atoms with E-state index in [2.05, 4.69) is 4.72 Å². The predicted octanol–water partition coefficient (Wildman–Crippen LogP) is -0.0909. The molecule has 0 aromatic heterocycles. The third-order valence-corrected chi connectivity index (χ3v) is 4.97. The fourth-order valence-electron chi connectivity index (χ4n) is 2.90. The van der Waals surface area contributed by atoms with Crippen LogP contribution in [0.4, 0.5) is 0 Å². The molecule has 1 amide bonds. The van der Waals surface area contributed by atoms with Crippen LogP contribution in [-0.2, 0) is 19.8 Å². The van der Waals surface area contributed by atoms with E-state index in [9.17, 15) is 23.1 Å². The van der Waals surface area contributed by atoms with Crippen LogP contribution in [0.15, 0.2) is 0 Å². The van der Waals surface area contributed by atoms with Gasteiger partial charge in [0, 0.05) is 19.6 Å². The van der Waals surface area contributed by atoms with Gasteiger partial charge in [0.15, 0.2) is 0 Å². The summed E-state index contributed by atoms with van der Waals surface area (Å²) in [5, 5.41) is 14.3. The van der Waals surface area contributed by atoms with Gasteiger partial charge in [0.05, 0.1) is 0 Å². The number of carbonyl (C=O) groups excluding carboxylic acids is 1. The molecule has 9 heteroatoms. The number of likely N-dealkylation sites (tertiary alicyclic amines) is 1. The molecule has 4 N–H and O–H groups in total. The second kappa shape index (κ2) is 7.38. The summed E-state index contributed by atoms with van der Waals surface area (Å²) in [6.45, 7) is 4.38. The maximum absolute atomic E-state index is 12.7. The molecule has 22 heavy (non-hydrogen) atoms. The van der Waals surface area contributed by atoms with Gasteiger partial charge in [-0.05, 0) is 31.6 Å². The van der Waals surface area contributed by atoms with E-state index >= 15 is 0 Å². The highest BCUT2D eigenvalue weighted by atomic mass is 32.2. The number of aliphatic carboxylic acids is 1. The molecule has 0 aromatic carbocycles. The first-order chi connectivity index (χ1) is 10.2. The molecule has 1 atom stereocenters. The molecule has 0 bridgehead atoms. The lowest BCUT2D eigenvalue weighted by atomic mass is 9.80. The average Bonchev–Trinajstić information content (AvgIpc) is 2.46. The Hall–Kier alpha value is -1.19. The molecule has 1 fully saturated rings. The summed E-state index contributed by atoms with van der Waals surface area (Å²) >= 11 is 0. The van der Waals surface area contributed by atoms with Crippen LogP contribution in [0.1, 0.15) is 39.5 Å². The van der Waals surface area contributed by atoms with Crippen LogP contribution in [0.25, 0.3) is 0 Å². The minimum atomic E-state index is -3.76. The zero-order chi connectivity index (χ0) is 17.0. The molecule has 1 aliphatic rings. The highest BCUT2D eigenvalue weighted by molar-refractivity contribution is 7.87. The van der Waals surface area contributed by atoms with E-state index in [4.69, 9.17) is 5.14 Å². The van der Waals surface area contributed by atoms with Gasteiger partial charge >= 0.3 is 5.97 Å². The van der Waals surface area contributed by atoms with Gasteiger partial charge in [-0.2, -0.15) is 8.42 Å². The van der Waals surface area contributed by atoms with Gasteiger partial charge in [0.1, 0.15) is 5.41 Å². The number of carbonyl (C=O) groups is 2. The molecule has 0 radical (unpaired) electrons. The maximum Gasteiger partial charge on any atom is 0.319 e.